The topological polar surface area (TPSA) is 81.7 Å². The summed E-state index contributed by atoms with van der Waals surface area (Å²) >= 11 is 1.56. The van der Waals surface area contributed by atoms with E-state index in [1.54, 1.807) is 39.5 Å². The molecular formula is C41H47NO5S. The highest BCUT2D eigenvalue weighted by atomic mass is 32.2. The lowest BCUT2D eigenvalue weighted by Gasteiger charge is -2.36. The van der Waals surface area contributed by atoms with Gasteiger partial charge in [-0.25, -0.2) is 4.79 Å². The van der Waals surface area contributed by atoms with Crippen molar-refractivity contribution in [3.05, 3.63) is 143 Å². The van der Waals surface area contributed by atoms with Crippen LogP contribution in [0.3, 0.4) is 0 Å². The highest BCUT2D eigenvalue weighted by Crippen LogP contribution is 2.48. The number of esters is 2. The molecule has 0 spiro atoms. The van der Waals surface area contributed by atoms with Crippen LogP contribution in [0.2, 0.25) is 0 Å². The molecule has 0 radical (unpaired) electrons. The molecule has 252 valence electrons. The summed E-state index contributed by atoms with van der Waals surface area (Å²) in [5, 5.41) is 2.93. The number of carbonyl (C=O) groups excluding carboxylic acids is 3. The Bertz CT molecular complexity index is 1510. The SMILES string of the molecule is CCCc1ccc(COC(=O)[C@H](CSC(c2ccccc2)(c2ccccc2)c2ccccc2)NC(=O)[C@@H](C)CC(=O)OC(C)(C)C)cc1. The minimum absolute atomic E-state index is 0.0803. The minimum atomic E-state index is -0.988. The molecule has 0 aliphatic rings. The van der Waals surface area contributed by atoms with Gasteiger partial charge in [-0.1, -0.05) is 136 Å². The number of thioether (sulfide) groups is 1. The summed E-state index contributed by atoms with van der Waals surface area (Å²) in [6.45, 7) is 9.24. The second-order valence-corrected chi connectivity index (χ2v) is 14.3. The lowest BCUT2D eigenvalue weighted by molar-refractivity contribution is -0.157. The Morgan fingerprint density at radius 1 is 0.729 bits per heavy atom. The van der Waals surface area contributed by atoms with Gasteiger partial charge in [0.15, 0.2) is 0 Å². The van der Waals surface area contributed by atoms with Gasteiger partial charge >= 0.3 is 11.9 Å². The summed E-state index contributed by atoms with van der Waals surface area (Å²) in [5.41, 5.74) is 4.54. The fourth-order valence-corrected chi connectivity index (χ4v) is 7.08. The van der Waals surface area contributed by atoms with Gasteiger partial charge in [-0.3, -0.25) is 9.59 Å². The molecule has 4 aromatic carbocycles. The Balaban J connectivity index is 1.64. The van der Waals surface area contributed by atoms with Crippen LogP contribution >= 0.6 is 11.8 Å². The van der Waals surface area contributed by atoms with Crippen LogP contribution in [-0.2, 0) is 41.6 Å². The van der Waals surface area contributed by atoms with Gasteiger partial charge in [0, 0.05) is 11.7 Å². The lowest BCUT2D eigenvalue weighted by Crippen LogP contribution is -2.47. The maximum Gasteiger partial charge on any atom is 0.329 e. The quantitative estimate of drug-likeness (QED) is 0.102. The molecule has 1 amide bonds. The molecule has 6 nitrogen and oxygen atoms in total. The molecule has 0 aliphatic carbocycles. The van der Waals surface area contributed by atoms with Crippen molar-refractivity contribution in [2.24, 2.45) is 5.92 Å². The number of amides is 1. The number of hydrogen-bond donors (Lipinski definition) is 1. The summed E-state index contributed by atoms with van der Waals surface area (Å²) in [6.07, 6.45) is 1.93. The third-order valence-corrected chi connectivity index (χ3v) is 9.53. The molecule has 48 heavy (non-hydrogen) atoms. The Labute approximate surface area is 289 Å². The number of ether oxygens (including phenoxy) is 2. The average Bonchev–Trinajstić information content (AvgIpc) is 3.08. The van der Waals surface area contributed by atoms with E-state index in [1.807, 2.05) is 78.9 Å². The van der Waals surface area contributed by atoms with Crippen molar-refractivity contribution in [2.45, 2.75) is 76.9 Å². The van der Waals surface area contributed by atoms with E-state index >= 15 is 0 Å². The normalized spacial score (nSPS) is 12.9. The first-order chi connectivity index (χ1) is 23.0. The largest absolute Gasteiger partial charge is 0.460 e. The van der Waals surface area contributed by atoms with E-state index < -0.39 is 40.2 Å². The van der Waals surface area contributed by atoms with Crippen molar-refractivity contribution < 1.29 is 23.9 Å². The first kappa shape index (κ1) is 36.5. The van der Waals surface area contributed by atoms with Gasteiger partial charge in [0.1, 0.15) is 18.2 Å². The zero-order valence-electron chi connectivity index (χ0n) is 28.6. The maximum atomic E-state index is 13.8. The maximum absolute atomic E-state index is 13.8. The molecule has 0 heterocycles. The summed E-state index contributed by atoms with van der Waals surface area (Å²) in [7, 11) is 0. The second-order valence-electron chi connectivity index (χ2n) is 13.0. The molecule has 0 bridgehead atoms. The predicted octanol–water partition coefficient (Wildman–Crippen LogP) is 8.26. The van der Waals surface area contributed by atoms with Gasteiger partial charge in [0.25, 0.3) is 0 Å². The standard InChI is InChI=1S/C41H47NO5S/c1-6-16-31-23-25-32(26-24-31)28-46-39(45)36(42-38(44)30(2)27-37(43)47-40(3,4)5)29-48-41(33-17-10-7-11-18-33,34-19-12-8-13-20-34)35-21-14-9-15-22-35/h7-15,17-26,30,36H,6,16,27-29H2,1-5H3,(H,42,44)/t30-,36-/m0/s1. The van der Waals surface area contributed by atoms with E-state index in [4.69, 9.17) is 9.47 Å². The molecule has 1 N–H and O–H groups in total. The Hall–Kier alpha value is -4.36. The van der Waals surface area contributed by atoms with Crippen LogP contribution in [0.15, 0.2) is 115 Å². The van der Waals surface area contributed by atoms with Crippen molar-refractivity contribution in [3.63, 3.8) is 0 Å². The number of rotatable bonds is 15. The van der Waals surface area contributed by atoms with Crippen LogP contribution in [-0.4, -0.2) is 35.2 Å². The summed E-state index contributed by atoms with van der Waals surface area (Å²) in [6, 6.07) is 37.6. The molecule has 0 saturated carbocycles. The zero-order valence-corrected chi connectivity index (χ0v) is 29.4. The average molecular weight is 666 g/mol. The van der Waals surface area contributed by atoms with Crippen LogP contribution in [0.4, 0.5) is 0 Å². The van der Waals surface area contributed by atoms with Gasteiger partial charge in [-0.05, 0) is 55.0 Å². The Morgan fingerprint density at radius 2 is 1.21 bits per heavy atom. The number of aryl methyl sites for hydroxylation is 1. The molecule has 0 aromatic heterocycles. The molecular weight excluding hydrogens is 619 g/mol. The van der Waals surface area contributed by atoms with E-state index in [1.165, 1.54) is 5.56 Å². The van der Waals surface area contributed by atoms with Crippen LogP contribution in [0.1, 0.15) is 75.3 Å². The van der Waals surface area contributed by atoms with E-state index in [9.17, 15) is 14.4 Å². The zero-order chi connectivity index (χ0) is 34.6. The van der Waals surface area contributed by atoms with Crippen molar-refractivity contribution >= 4 is 29.6 Å². The van der Waals surface area contributed by atoms with Gasteiger partial charge < -0.3 is 14.8 Å². The highest BCUT2D eigenvalue weighted by Gasteiger charge is 2.39. The molecule has 7 heteroatoms. The molecule has 0 fully saturated rings. The summed E-state index contributed by atoms with van der Waals surface area (Å²) in [4.78, 5) is 39.9. The van der Waals surface area contributed by atoms with E-state index in [0.717, 1.165) is 35.1 Å². The molecule has 0 unspecified atom stereocenters. The van der Waals surface area contributed by atoms with Crippen LogP contribution in [0, 0.1) is 5.92 Å². The Morgan fingerprint density at radius 3 is 1.67 bits per heavy atom. The number of carbonyl (C=O) groups is 3. The Kier molecular flexibility index (Phi) is 13.0. The minimum Gasteiger partial charge on any atom is -0.460 e. The molecule has 0 saturated heterocycles. The highest BCUT2D eigenvalue weighted by molar-refractivity contribution is 8.00. The van der Waals surface area contributed by atoms with Crippen LogP contribution < -0.4 is 5.32 Å². The second kappa shape index (κ2) is 17.2. The molecule has 0 aliphatic heterocycles. The number of hydrogen-bond acceptors (Lipinski definition) is 6. The van der Waals surface area contributed by atoms with Crippen LogP contribution in [0.25, 0.3) is 0 Å². The smallest absolute Gasteiger partial charge is 0.329 e. The monoisotopic (exact) mass is 665 g/mol. The molecule has 4 rings (SSSR count). The molecule has 4 aromatic rings. The third kappa shape index (κ3) is 10.1. The number of nitrogens with one attached hydrogen (secondary N) is 1. The first-order valence-corrected chi connectivity index (χ1v) is 17.6. The van der Waals surface area contributed by atoms with Gasteiger partial charge in [-0.15, -0.1) is 11.8 Å². The van der Waals surface area contributed by atoms with E-state index in [-0.39, 0.29) is 18.8 Å². The van der Waals surface area contributed by atoms with Crippen molar-refractivity contribution in [2.75, 3.05) is 5.75 Å². The van der Waals surface area contributed by atoms with Gasteiger partial charge in [0.05, 0.1) is 11.2 Å². The summed E-state index contributed by atoms with van der Waals surface area (Å²) < 4.78 is 10.6. The molecule has 2 atom stereocenters. The lowest BCUT2D eigenvalue weighted by atomic mass is 9.84. The van der Waals surface area contributed by atoms with E-state index in [0.29, 0.717) is 0 Å². The fraction of sp³-hybridized carbons (Fsp3) is 0.341. The first-order valence-electron chi connectivity index (χ1n) is 16.6. The van der Waals surface area contributed by atoms with E-state index in [2.05, 4.69) is 48.6 Å². The fourth-order valence-electron chi connectivity index (χ4n) is 5.53. The van der Waals surface area contributed by atoms with Crippen molar-refractivity contribution in [1.82, 2.24) is 5.32 Å². The van der Waals surface area contributed by atoms with Crippen molar-refractivity contribution in [3.8, 4) is 0 Å². The number of benzene rings is 4. The third-order valence-electron chi connectivity index (χ3n) is 7.89. The van der Waals surface area contributed by atoms with Gasteiger partial charge in [0.2, 0.25) is 5.91 Å². The van der Waals surface area contributed by atoms with Crippen LogP contribution in [0.5, 0.6) is 0 Å². The predicted molar refractivity (Wildman–Crippen MR) is 193 cm³/mol. The van der Waals surface area contributed by atoms with Crippen molar-refractivity contribution in [1.29, 1.82) is 0 Å². The summed E-state index contributed by atoms with van der Waals surface area (Å²) in [5.74, 6) is -1.94. The van der Waals surface area contributed by atoms with Gasteiger partial charge in [-0.2, -0.15) is 0 Å².